The van der Waals surface area contributed by atoms with Crippen molar-refractivity contribution < 1.29 is 19.8 Å². The number of anilines is 1. The van der Waals surface area contributed by atoms with E-state index < -0.39 is 11.9 Å². The summed E-state index contributed by atoms with van der Waals surface area (Å²) in [6.45, 7) is 3.34. The zero-order chi connectivity index (χ0) is 21.1. The third-order valence-electron chi connectivity index (χ3n) is 4.65. The van der Waals surface area contributed by atoms with Crippen molar-refractivity contribution in [3.63, 3.8) is 0 Å². The molecule has 2 N–H and O–H groups in total. The van der Waals surface area contributed by atoms with E-state index in [-0.39, 0.29) is 0 Å². The molecule has 0 aliphatic carbocycles. The first kappa shape index (κ1) is 22.2. The number of para-hydroxylation sites is 1. The number of hydrogen-bond acceptors (Lipinski definition) is 4. The second-order valence-corrected chi connectivity index (χ2v) is 7.02. The number of nitrogens with zero attached hydrogens (tertiary/aromatic N) is 2. The Balaban J connectivity index is 0.000000321. The number of benzene rings is 2. The summed E-state index contributed by atoms with van der Waals surface area (Å²) in [5.41, 5.74) is 2.76. The van der Waals surface area contributed by atoms with Crippen LogP contribution in [0.2, 0.25) is 0 Å². The number of aliphatic carboxylic acids is 2. The van der Waals surface area contributed by atoms with E-state index in [9.17, 15) is 9.59 Å². The van der Waals surface area contributed by atoms with E-state index in [4.69, 9.17) is 10.2 Å². The van der Waals surface area contributed by atoms with Crippen LogP contribution < -0.4 is 4.90 Å². The minimum Gasteiger partial charge on any atom is -0.478 e. The predicted octanol–water partition coefficient (Wildman–Crippen LogP) is 3.50. The van der Waals surface area contributed by atoms with Gasteiger partial charge in [-0.15, -0.1) is 0 Å². The molecule has 6 heteroatoms. The highest BCUT2D eigenvalue weighted by atomic mass is 16.4. The Kier molecular flexibility index (Phi) is 8.92. The summed E-state index contributed by atoms with van der Waals surface area (Å²) < 4.78 is 0. The lowest BCUT2D eigenvalue weighted by Crippen LogP contribution is -2.38. The number of carbonyl (C=O) groups is 2. The zero-order valence-electron chi connectivity index (χ0n) is 16.6. The summed E-state index contributed by atoms with van der Waals surface area (Å²) in [7, 11) is 2.23. The van der Waals surface area contributed by atoms with Crippen LogP contribution in [0.15, 0.2) is 72.8 Å². The number of carboxylic acids is 2. The molecule has 1 heterocycles. The maximum atomic E-state index is 9.55. The Labute approximate surface area is 171 Å². The van der Waals surface area contributed by atoms with Crippen LogP contribution in [0.25, 0.3) is 0 Å². The van der Waals surface area contributed by atoms with Crippen molar-refractivity contribution in [3.8, 4) is 0 Å². The lowest BCUT2D eigenvalue weighted by Gasteiger charge is -2.30. The van der Waals surface area contributed by atoms with Crippen LogP contribution in [0, 0.1) is 0 Å². The first-order chi connectivity index (χ1) is 14.0. The molecule has 0 amide bonds. The maximum Gasteiger partial charge on any atom is 0.328 e. The fourth-order valence-electron chi connectivity index (χ4n) is 3.45. The molecule has 2 aromatic rings. The van der Waals surface area contributed by atoms with Crippen molar-refractivity contribution in [2.75, 3.05) is 25.0 Å². The number of hydrogen-bond donors (Lipinski definition) is 2. The van der Waals surface area contributed by atoms with Crippen molar-refractivity contribution in [1.82, 2.24) is 4.90 Å². The molecule has 0 spiro atoms. The molecule has 0 bridgehead atoms. The highest BCUT2D eigenvalue weighted by Gasteiger charge is 2.25. The Morgan fingerprint density at radius 1 is 1.00 bits per heavy atom. The minimum atomic E-state index is -1.26. The molecule has 1 aliphatic rings. The first-order valence-electron chi connectivity index (χ1n) is 9.64. The van der Waals surface area contributed by atoms with Gasteiger partial charge in [0.05, 0.1) is 0 Å². The SMILES string of the molecule is CN(Cc1ccccc1)CC1CCCN1c1ccccc1.O=C(O)/C=C/C(=O)O. The maximum absolute atomic E-state index is 9.55. The predicted molar refractivity (Wildman–Crippen MR) is 114 cm³/mol. The molecule has 1 atom stereocenters. The van der Waals surface area contributed by atoms with Gasteiger partial charge in [0.15, 0.2) is 0 Å². The molecular formula is C23H28N2O4. The van der Waals surface area contributed by atoms with E-state index in [1.54, 1.807) is 0 Å². The van der Waals surface area contributed by atoms with Gasteiger partial charge < -0.3 is 20.0 Å². The van der Waals surface area contributed by atoms with Gasteiger partial charge in [-0.05, 0) is 37.6 Å². The Morgan fingerprint density at radius 3 is 2.10 bits per heavy atom. The van der Waals surface area contributed by atoms with Crippen molar-refractivity contribution in [2.45, 2.75) is 25.4 Å². The summed E-state index contributed by atoms with van der Waals surface area (Å²) >= 11 is 0. The van der Waals surface area contributed by atoms with Gasteiger partial charge in [-0.3, -0.25) is 0 Å². The summed E-state index contributed by atoms with van der Waals surface area (Å²) in [6, 6.07) is 22.2. The fourth-order valence-corrected chi connectivity index (χ4v) is 3.45. The van der Waals surface area contributed by atoms with Crippen LogP contribution >= 0.6 is 0 Å². The molecule has 154 valence electrons. The molecule has 2 aromatic carbocycles. The molecular weight excluding hydrogens is 368 g/mol. The minimum absolute atomic E-state index is 0.558. The van der Waals surface area contributed by atoms with Crippen molar-refractivity contribution in [3.05, 3.63) is 78.4 Å². The monoisotopic (exact) mass is 396 g/mol. The van der Waals surface area contributed by atoms with Gasteiger partial charge in [-0.1, -0.05) is 48.5 Å². The van der Waals surface area contributed by atoms with Crippen LogP contribution in [0.5, 0.6) is 0 Å². The van der Waals surface area contributed by atoms with E-state index in [0.717, 1.165) is 13.1 Å². The van der Waals surface area contributed by atoms with E-state index in [1.807, 2.05) is 0 Å². The van der Waals surface area contributed by atoms with Crippen LogP contribution in [-0.4, -0.2) is 53.2 Å². The number of likely N-dealkylation sites (N-methyl/N-ethyl adjacent to an activating group) is 1. The highest BCUT2D eigenvalue weighted by molar-refractivity contribution is 5.89. The Hall–Kier alpha value is -3.12. The first-order valence-corrected chi connectivity index (χ1v) is 9.64. The standard InChI is InChI=1S/C19H24N2.C4H4O4/c1-20(15-17-9-4-2-5-10-17)16-19-13-8-14-21(19)18-11-6-3-7-12-18;5-3(6)1-2-4(7)8/h2-7,9-12,19H,8,13-16H2,1H3;1-2H,(H,5,6)(H,7,8)/b;2-1+. The van der Waals surface area contributed by atoms with Gasteiger partial charge in [0, 0.05) is 43.5 Å². The largest absolute Gasteiger partial charge is 0.478 e. The quantitative estimate of drug-likeness (QED) is 0.697. The van der Waals surface area contributed by atoms with Gasteiger partial charge in [0.25, 0.3) is 0 Å². The lowest BCUT2D eigenvalue weighted by molar-refractivity contribution is -0.134. The van der Waals surface area contributed by atoms with Gasteiger partial charge in [-0.25, -0.2) is 9.59 Å². The molecule has 1 aliphatic heterocycles. The van der Waals surface area contributed by atoms with E-state index in [1.165, 1.54) is 30.6 Å². The third-order valence-corrected chi connectivity index (χ3v) is 4.65. The second kappa shape index (κ2) is 11.7. The van der Waals surface area contributed by atoms with Crippen LogP contribution in [0.1, 0.15) is 18.4 Å². The molecule has 0 saturated carbocycles. The van der Waals surface area contributed by atoms with Crippen molar-refractivity contribution in [1.29, 1.82) is 0 Å². The zero-order valence-corrected chi connectivity index (χ0v) is 16.6. The second-order valence-electron chi connectivity index (χ2n) is 7.02. The van der Waals surface area contributed by atoms with Crippen molar-refractivity contribution in [2.24, 2.45) is 0 Å². The number of rotatable bonds is 7. The van der Waals surface area contributed by atoms with Crippen molar-refractivity contribution >= 4 is 17.6 Å². The summed E-state index contributed by atoms with van der Waals surface area (Å²) in [4.78, 5) is 24.1. The van der Waals surface area contributed by atoms with Gasteiger partial charge >= 0.3 is 11.9 Å². The fraction of sp³-hybridized carbons (Fsp3) is 0.304. The van der Waals surface area contributed by atoms with Gasteiger partial charge in [0.1, 0.15) is 0 Å². The highest BCUT2D eigenvalue weighted by Crippen LogP contribution is 2.25. The van der Waals surface area contributed by atoms with E-state index in [0.29, 0.717) is 18.2 Å². The summed E-state index contributed by atoms with van der Waals surface area (Å²) in [5, 5.41) is 15.6. The van der Waals surface area contributed by atoms with E-state index >= 15 is 0 Å². The van der Waals surface area contributed by atoms with E-state index in [2.05, 4.69) is 77.5 Å². The van der Waals surface area contributed by atoms with Gasteiger partial charge in [-0.2, -0.15) is 0 Å². The summed E-state index contributed by atoms with van der Waals surface area (Å²) in [6.07, 6.45) is 3.72. The average molecular weight is 396 g/mol. The molecule has 1 saturated heterocycles. The topological polar surface area (TPSA) is 81.1 Å². The van der Waals surface area contributed by atoms with Crippen LogP contribution in [0.3, 0.4) is 0 Å². The molecule has 3 rings (SSSR count). The normalized spacial score (nSPS) is 15.9. The lowest BCUT2D eigenvalue weighted by atomic mass is 10.1. The molecule has 1 fully saturated rings. The smallest absolute Gasteiger partial charge is 0.328 e. The number of carboxylic acid groups (broad SMARTS) is 2. The van der Waals surface area contributed by atoms with Crippen LogP contribution in [0.4, 0.5) is 5.69 Å². The average Bonchev–Trinajstić information content (AvgIpc) is 3.16. The molecule has 0 aromatic heterocycles. The molecule has 0 radical (unpaired) electrons. The third kappa shape index (κ3) is 8.19. The molecule has 6 nitrogen and oxygen atoms in total. The van der Waals surface area contributed by atoms with Crippen LogP contribution in [-0.2, 0) is 16.1 Å². The Morgan fingerprint density at radius 2 is 1.55 bits per heavy atom. The Bertz CT molecular complexity index is 777. The molecule has 1 unspecified atom stereocenters. The molecule has 29 heavy (non-hydrogen) atoms. The summed E-state index contributed by atoms with van der Waals surface area (Å²) in [5.74, 6) is -2.51. The van der Waals surface area contributed by atoms with Gasteiger partial charge in [0.2, 0.25) is 0 Å².